The monoisotopic (exact) mass is 468 g/mol. The minimum atomic E-state index is 0. The number of hydrogen-bond donors (Lipinski definition) is 2. The summed E-state index contributed by atoms with van der Waals surface area (Å²) in [6.45, 7) is 12.7. The van der Waals surface area contributed by atoms with Gasteiger partial charge in [-0.25, -0.2) is 4.98 Å². The third kappa shape index (κ3) is 10.5. The van der Waals surface area contributed by atoms with Crippen molar-refractivity contribution >= 4 is 41.3 Å². The van der Waals surface area contributed by atoms with Gasteiger partial charge in [-0.2, -0.15) is 0 Å². The van der Waals surface area contributed by atoms with E-state index in [1.165, 1.54) is 10.7 Å². The van der Waals surface area contributed by atoms with Gasteiger partial charge >= 0.3 is 0 Å². The van der Waals surface area contributed by atoms with Crippen molar-refractivity contribution in [2.45, 2.75) is 52.9 Å². The highest BCUT2D eigenvalue weighted by Crippen LogP contribution is 2.19. The van der Waals surface area contributed by atoms with Crippen molar-refractivity contribution in [2.75, 3.05) is 32.8 Å². The molecule has 1 aromatic heterocycles. The van der Waals surface area contributed by atoms with Crippen LogP contribution in [-0.4, -0.2) is 43.8 Å². The molecule has 2 N–H and O–H groups in total. The van der Waals surface area contributed by atoms with E-state index in [0.717, 1.165) is 58.1 Å². The van der Waals surface area contributed by atoms with E-state index in [4.69, 9.17) is 4.74 Å². The summed E-state index contributed by atoms with van der Waals surface area (Å²) in [5, 5.41) is 10.0. The van der Waals surface area contributed by atoms with Gasteiger partial charge in [0.2, 0.25) is 0 Å². The highest BCUT2D eigenvalue weighted by Gasteiger charge is 2.05. The molecule has 24 heavy (non-hydrogen) atoms. The topological polar surface area (TPSA) is 58.5 Å². The fourth-order valence-electron chi connectivity index (χ4n) is 2.00. The second-order valence-corrected chi connectivity index (χ2v) is 6.56. The number of nitrogens with zero attached hydrogens (tertiary/aromatic N) is 2. The third-order valence-corrected chi connectivity index (χ3v) is 4.45. The summed E-state index contributed by atoms with van der Waals surface area (Å²) in [7, 11) is 0. The fraction of sp³-hybridized carbons (Fsp3) is 0.765. The molecule has 0 aliphatic carbocycles. The quantitative estimate of drug-likeness (QED) is 0.225. The molecule has 0 atom stereocenters. The summed E-state index contributed by atoms with van der Waals surface area (Å²) in [5.41, 5.74) is 1.17. The third-order valence-electron chi connectivity index (χ3n) is 3.25. The summed E-state index contributed by atoms with van der Waals surface area (Å²) in [6.07, 6.45) is 3.05. The van der Waals surface area contributed by atoms with Crippen LogP contribution in [-0.2, 0) is 11.2 Å². The summed E-state index contributed by atoms with van der Waals surface area (Å²) in [6, 6.07) is 0. The van der Waals surface area contributed by atoms with Gasteiger partial charge in [0.1, 0.15) is 0 Å². The first kappa shape index (κ1) is 23.6. The molecule has 1 rings (SSSR count). The number of aliphatic imine (C=N–C) groups is 1. The molecule has 0 saturated heterocycles. The van der Waals surface area contributed by atoms with E-state index in [1.54, 1.807) is 11.3 Å². The molecule has 0 unspecified atom stereocenters. The first-order chi connectivity index (χ1) is 11.2. The van der Waals surface area contributed by atoms with E-state index in [0.29, 0.717) is 5.92 Å². The predicted octanol–water partition coefficient (Wildman–Crippen LogP) is 3.80. The average Bonchev–Trinajstić information content (AvgIpc) is 3.00. The second kappa shape index (κ2) is 14.9. The largest absolute Gasteiger partial charge is 0.382 e. The predicted molar refractivity (Wildman–Crippen MR) is 115 cm³/mol. The molecule has 0 aliphatic rings. The lowest BCUT2D eigenvalue weighted by atomic mass is 10.2. The first-order valence-corrected chi connectivity index (χ1v) is 9.59. The number of nitrogens with one attached hydrogen (secondary N) is 2. The maximum Gasteiger partial charge on any atom is 0.191 e. The van der Waals surface area contributed by atoms with Crippen molar-refractivity contribution in [1.29, 1.82) is 0 Å². The van der Waals surface area contributed by atoms with Gasteiger partial charge in [0.25, 0.3) is 0 Å². The van der Waals surface area contributed by atoms with Crippen LogP contribution in [0.1, 0.15) is 57.2 Å². The molecule has 0 bridgehead atoms. The van der Waals surface area contributed by atoms with Crippen molar-refractivity contribution in [2.24, 2.45) is 4.99 Å². The van der Waals surface area contributed by atoms with E-state index in [2.05, 4.69) is 46.8 Å². The van der Waals surface area contributed by atoms with Crippen LogP contribution < -0.4 is 10.6 Å². The molecule has 0 spiro atoms. The molecule has 1 heterocycles. The van der Waals surface area contributed by atoms with E-state index >= 15 is 0 Å². The van der Waals surface area contributed by atoms with Gasteiger partial charge in [-0.1, -0.05) is 13.8 Å². The number of ether oxygens (including phenoxy) is 1. The van der Waals surface area contributed by atoms with Crippen LogP contribution in [0.5, 0.6) is 0 Å². The van der Waals surface area contributed by atoms with Crippen LogP contribution in [0.15, 0.2) is 10.4 Å². The Morgan fingerprint density at radius 1 is 1.29 bits per heavy atom. The van der Waals surface area contributed by atoms with Gasteiger partial charge in [0.15, 0.2) is 5.96 Å². The van der Waals surface area contributed by atoms with Crippen LogP contribution in [0, 0.1) is 0 Å². The molecule has 0 amide bonds. The van der Waals surface area contributed by atoms with Crippen molar-refractivity contribution in [3.63, 3.8) is 0 Å². The highest BCUT2D eigenvalue weighted by molar-refractivity contribution is 14.0. The maximum absolute atomic E-state index is 5.33. The second-order valence-electron chi connectivity index (χ2n) is 5.67. The maximum atomic E-state index is 5.33. The van der Waals surface area contributed by atoms with E-state index in [9.17, 15) is 0 Å². The molecule has 140 valence electrons. The van der Waals surface area contributed by atoms with Crippen molar-refractivity contribution < 1.29 is 4.74 Å². The Morgan fingerprint density at radius 2 is 2.08 bits per heavy atom. The number of thiazole rings is 1. The number of aromatic nitrogens is 1. The average molecular weight is 468 g/mol. The Balaban J connectivity index is 0.00000529. The molecule has 0 aliphatic heterocycles. The minimum Gasteiger partial charge on any atom is -0.382 e. The number of unbranched alkanes of at least 4 members (excludes halogenated alkanes) is 1. The van der Waals surface area contributed by atoms with Crippen molar-refractivity contribution in [3.8, 4) is 0 Å². The molecule has 0 fully saturated rings. The lowest BCUT2D eigenvalue weighted by molar-refractivity contribution is 0.144. The van der Waals surface area contributed by atoms with Gasteiger partial charge in [-0.15, -0.1) is 35.3 Å². The van der Waals surface area contributed by atoms with E-state index < -0.39 is 0 Å². The Kier molecular flexibility index (Phi) is 14.6. The van der Waals surface area contributed by atoms with E-state index in [-0.39, 0.29) is 24.0 Å². The standard InChI is InChI=1S/C17H32N4OS.HI/c1-5-18-17(19-10-7-8-12-22-6-2)20-11-9-15-13-23-16(21-15)14(3)4;/h13-14H,5-12H2,1-4H3,(H2,18,19,20);1H. The number of rotatable bonds is 11. The summed E-state index contributed by atoms with van der Waals surface area (Å²) >= 11 is 1.75. The number of halogens is 1. The molecular formula is C17H33IN4OS. The molecule has 0 saturated carbocycles. The van der Waals surface area contributed by atoms with Crippen LogP contribution in [0.4, 0.5) is 0 Å². The normalized spacial score (nSPS) is 11.5. The zero-order valence-electron chi connectivity index (χ0n) is 15.4. The highest BCUT2D eigenvalue weighted by atomic mass is 127. The summed E-state index contributed by atoms with van der Waals surface area (Å²) < 4.78 is 5.33. The van der Waals surface area contributed by atoms with Crippen LogP contribution in [0.25, 0.3) is 0 Å². The molecule has 0 radical (unpaired) electrons. The van der Waals surface area contributed by atoms with E-state index in [1.807, 2.05) is 6.92 Å². The SMILES string of the molecule is CCNC(=NCCCCOCC)NCCc1csc(C(C)C)n1.I. The Labute approximate surface area is 168 Å². The zero-order valence-corrected chi connectivity index (χ0v) is 18.6. The minimum absolute atomic E-state index is 0. The van der Waals surface area contributed by atoms with Gasteiger partial charge in [0.05, 0.1) is 10.7 Å². The van der Waals surface area contributed by atoms with Gasteiger partial charge < -0.3 is 15.4 Å². The lowest BCUT2D eigenvalue weighted by Gasteiger charge is -2.10. The fourth-order valence-corrected chi connectivity index (χ4v) is 2.87. The molecule has 7 heteroatoms. The summed E-state index contributed by atoms with van der Waals surface area (Å²) in [4.78, 5) is 9.26. The number of guanidine groups is 1. The Hall–Kier alpha value is -0.410. The molecule has 0 aromatic carbocycles. The summed E-state index contributed by atoms with van der Waals surface area (Å²) in [5.74, 6) is 1.40. The molecule has 5 nitrogen and oxygen atoms in total. The Bertz CT molecular complexity index is 452. The van der Waals surface area contributed by atoms with Gasteiger partial charge in [-0.3, -0.25) is 4.99 Å². The lowest BCUT2D eigenvalue weighted by Crippen LogP contribution is -2.38. The van der Waals surface area contributed by atoms with Crippen molar-refractivity contribution in [3.05, 3.63) is 16.1 Å². The van der Waals surface area contributed by atoms with Crippen molar-refractivity contribution in [1.82, 2.24) is 15.6 Å². The van der Waals surface area contributed by atoms with Crippen LogP contribution >= 0.6 is 35.3 Å². The smallest absolute Gasteiger partial charge is 0.191 e. The first-order valence-electron chi connectivity index (χ1n) is 8.71. The molecular weight excluding hydrogens is 435 g/mol. The van der Waals surface area contributed by atoms with Crippen LogP contribution in [0.3, 0.4) is 0 Å². The zero-order chi connectivity index (χ0) is 16.9. The molecule has 1 aromatic rings. The van der Waals surface area contributed by atoms with Gasteiger partial charge in [0, 0.05) is 50.6 Å². The number of hydrogen-bond acceptors (Lipinski definition) is 4. The Morgan fingerprint density at radius 3 is 2.71 bits per heavy atom. The van der Waals surface area contributed by atoms with Gasteiger partial charge in [-0.05, 0) is 26.7 Å². The van der Waals surface area contributed by atoms with Crippen LogP contribution in [0.2, 0.25) is 0 Å².